The molecule has 1 atom stereocenters. The zero-order valence-corrected chi connectivity index (χ0v) is 9.46. The number of unbranched alkanes of at least 4 members (excludes halogenated alkanes) is 1. The van der Waals surface area contributed by atoms with E-state index in [1.165, 1.54) is 0 Å². The molecule has 88 valence electrons. The summed E-state index contributed by atoms with van der Waals surface area (Å²) in [5.41, 5.74) is 5.69. The van der Waals surface area contributed by atoms with Crippen LogP contribution >= 0.6 is 0 Å². The normalized spacial score (nSPS) is 19.7. The molecule has 0 bridgehead atoms. The van der Waals surface area contributed by atoms with E-state index in [9.17, 15) is 4.79 Å². The second-order valence-corrected chi connectivity index (χ2v) is 4.62. The van der Waals surface area contributed by atoms with E-state index in [-0.39, 0.29) is 24.0 Å². The minimum absolute atomic E-state index is 0.0276. The fraction of sp³-hybridized carbons (Fsp3) is 0.909. The average molecular weight is 214 g/mol. The van der Waals surface area contributed by atoms with Crippen LogP contribution in [0, 0.1) is 5.41 Å². The molecule has 1 rings (SSSR count). The summed E-state index contributed by atoms with van der Waals surface area (Å²) < 4.78 is 0. The van der Waals surface area contributed by atoms with Crippen LogP contribution in [0.25, 0.3) is 0 Å². The SMILES string of the molecule is CCCC[C@H](N)C(=O)NCC1(CO)CC1. The Morgan fingerprint density at radius 2 is 2.27 bits per heavy atom. The molecule has 0 spiro atoms. The number of carbonyl (C=O) groups is 1. The largest absolute Gasteiger partial charge is 0.396 e. The first-order chi connectivity index (χ1) is 7.13. The number of rotatable bonds is 7. The quantitative estimate of drug-likeness (QED) is 0.574. The summed E-state index contributed by atoms with van der Waals surface area (Å²) in [6.45, 7) is 2.81. The van der Waals surface area contributed by atoms with Gasteiger partial charge in [0.2, 0.25) is 5.91 Å². The highest BCUT2D eigenvalue weighted by Gasteiger charge is 2.42. The number of aliphatic hydroxyl groups excluding tert-OH is 1. The smallest absolute Gasteiger partial charge is 0.236 e. The number of hydrogen-bond donors (Lipinski definition) is 3. The molecular formula is C11H22N2O2. The Hall–Kier alpha value is -0.610. The van der Waals surface area contributed by atoms with Crippen molar-refractivity contribution in [1.29, 1.82) is 0 Å². The molecule has 1 amide bonds. The van der Waals surface area contributed by atoms with Gasteiger partial charge in [0, 0.05) is 12.0 Å². The van der Waals surface area contributed by atoms with Crippen molar-refractivity contribution in [2.45, 2.75) is 45.1 Å². The number of aliphatic hydroxyl groups is 1. The summed E-state index contributed by atoms with van der Waals surface area (Å²) in [6.07, 6.45) is 4.80. The predicted molar refractivity (Wildman–Crippen MR) is 59.3 cm³/mol. The number of nitrogens with two attached hydrogens (primary N) is 1. The highest BCUT2D eigenvalue weighted by Crippen LogP contribution is 2.44. The van der Waals surface area contributed by atoms with E-state index in [0.717, 1.165) is 32.1 Å². The minimum Gasteiger partial charge on any atom is -0.396 e. The lowest BCUT2D eigenvalue weighted by molar-refractivity contribution is -0.122. The van der Waals surface area contributed by atoms with Crippen LogP contribution in [0.2, 0.25) is 0 Å². The molecule has 0 unspecified atom stereocenters. The summed E-state index contributed by atoms with van der Waals surface area (Å²) in [4.78, 5) is 11.5. The van der Waals surface area contributed by atoms with Gasteiger partial charge in [0.1, 0.15) is 0 Å². The molecule has 0 aromatic heterocycles. The third-order valence-electron chi connectivity index (χ3n) is 3.14. The summed E-state index contributed by atoms with van der Waals surface area (Å²) in [5.74, 6) is -0.0804. The van der Waals surface area contributed by atoms with Crippen molar-refractivity contribution in [2.24, 2.45) is 11.1 Å². The maximum Gasteiger partial charge on any atom is 0.236 e. The van der Waals surface area contributed by atoms with Gasteiger partial charge >= 0.3 is 0 Å². The van der Waals surface area contributed by atoms with Crippen molar-refractivity contribution in [3.8, 4) is 0 Å². The van der Waals surface area contributed by atoms with E-state index < -0.39 is 0 Å². The predicted octanol–water partition coefficient (Wildman–Crippen LogP) is 0.393. The van der Waals surface area contributed by atoms with Crippen LogP contribution in [0.4, 0.5) is 0 Å². The van der Waals surface area contributed by atoms with Crippen LogP contribution in [0.3, 0.4) is 0 Å². The molecule has 0 radical (unpaired) electrons. The van der Waals surface area contributed by atoms with Gasteiger partial charge in [-0.05, 0) is 19.3 Å². The summed E-state index contributed by atoms with van der Waals surface area (Å²) in [5, 5.41) is 11.9. The minimum atomic E-state index is -0.389. The molecule has 1 saturated carbocycles. The van der Waals surface area contributed by atoms with E-state index in [4.69, 9.17) is 10.8 Å². The van der Waals surface area contributed by atoms with Crippen molar-refractivity contribution >= 4 is 5.91 Å². The average Bonchev–Trinajstić information content (AvgIpc) is 3.03. The lowest BCUT2D eigenvalue weighted by atomic mass is 10.1. The van der Waals surface area contributed by atoms with E-state index in [0.29, 0.717) is 6.54 Å². The summed E-state index contributed by atoms with van der Waals surface area (Å²) in [7, 11) is 0. The third-order valence-corrected chi connectivity index (χ3v) is 3.14. The molecule has 1 fully saturated rings. The van der Waals surface area contributed by atoms with E-state index in [1.807, 2.05) is 0 Å². The molecule has 0 aliphatic heterocycles. The first-order valence-electron chi connectivity index (χ1n) is 5.78. The van der Waals surface area contributed by atoms with Crippen molar-refractivity contribution in [1.82, 2.24) is 5.32 Å². The first-order valence-corrected chi connectivity index (χ1v) is 5.78. The Labute approximate surface area is 91.2 Å². The molecule has 0 saturated heterocycles. The Kier molecular flexibility index (Phi) is 4.54. The topological polar surface area (TPSA) is 75.4 Å². The fourth-order valence-corrected chi connectivity index (χ4v) is 1.53. The Bertz CT molecular complexity index is 215. The van der Waals surface area contributed by atoms with Gasteiger partial charge in [-0.25, -0.2) is 0 Å². The van der Waals surface area contributed by atoms with E-state index >= 15 is 0 Å². The van der Waals surface area contributed by atoms with Crippen molar-refractivity contribution in [3.05, 3.63) is 0 Å². The van der Waals surface area contributed by atoms with E-state index in [2.05, 4.69) is 12.2 Å². The second-order valence-electron chi connectivity index (χ2n) is 4.62. The Morgan fingerprint density at radius 3 is 2.73 bits per heavy atom. The van der Waals surface area contributed by atoms with Gasteiger partial charge in [-0.2, -0.15) is 0 Å². The van der Waals surface area contributed by atoms with Crippen LogP contribution < -0.4 is 11.1 Å². The molecule has 1 aliphatic rings. The van der Waals surface area contributed by atoms with Crippen molar-refractivity contribution in [2.75, 3.05) is 13.2 Å². The van der Waals surface area contributed by atoms with Crippen LogP contribution in [0.1, 0.15) is 39.0 Å². The number of carbonyl (C=O) groups excluding carboxylic acids is 1. The lowest BCUT2D eigenvalue weighted by Gasteiger charge is -2.15. The zero-order valence-electron chi connectivity index (χ0n) is 9.46. The molecule has 0 heterocycles. The van der Waals surface area contributed by atoms with Crippen LogP contribution in [-0.2, 0) is 4.79 Å². The number of nitrogens with one attached hydrogen (secondary N) is 1. The highest BCUT2D eigenvalue weighted by atomic mass is 16.3. The zero-order chi connectivity index (χ0) is 11.3. The van der Waals surface area contributed by atoms with Gasteiger partial charge in [-0.15, -0.1) is 0 Å². The maximum absolute atomic E-state index is 11.5. The molecule has 15 heavy (non-hydrogen) atoms. The molecule has 4 heteroatoms. The van der Waals surface area contributed by atoms with Gasteiger partial charge in [0.05, 0.1) is 12.6 Å². The second kappa shape index (κ2) is 5.47. The Balaban J connectivity index is 2.17. The van der Waals surface area contributed by atoms with Gasteiger partial charge in [-0.3, -0.25) is 4.79 Å². The van der Waals surface area contributed by atoms with Crippen molar-refractivity contribution < 1.29 is 9.90 Å². The van der Waals surface area contributed by atoms with Crippen LogP contribution in [-0.4, -0.2) is 30.2 Å². The molecule has 0 aromatic carbocycles. The number of hydrogen-bond acceptors (Lipinski definition) is 3. The monoisotopic (exact) mass is 214 g/mol. The third kappa shape index (κ3) is 3.80. The molecule has 4 nitrogen and oxygen atoms in total. The molecule has 4 N–H and O–H groups in total. The molecule has 0 aromatic rings. The highest BCUT2D eigenvalue weighted by molar-refractivity contribution is 5.81. The van der Waals surface area contributed by atoms with Crippen LogP contribution in [0.15, 0.2) is 0 Å². The first kappa shape index (κ1) is 12.5. The van der Waals surface area contributed by atoms with E-state index in [1.54, 1.807) is 0 Å². The van der Waals surface area contributed by atoms with Gasteiger partial charge in [0.25, 0.3) is 0 Å². The van der Waals surface area contributed by atoms with Gasteiger partial charge < -0.3 is 16.2 Å². The summed E-state index contributed by atoms with van der Waals surface area (Å²) >= 11 is 0. The molecular weight excluding hydrogens is 192 g/mol. The van der Waals surface area contributed by atoms with Crippen LogP contribution in [0.5, 0.6) is 0 Å². The number of amides is 1. The maximum atomic E-state index is 11.5. The van der Waals surface area contributed by atoms with Gasteiger partial charge in [-0.1, -0.05) is 19.8 Å². The fourth-order valence-electron chi connectivity index (χ4n) is 1.53. The van der Waals surface area contributed by atoms with Gasteiger partial charge in [0.15, 0.2) is 0 Å². The standard InChI is InChI=1S/C11H22N2O2/c1-2-3-4-9(12)10(15)13-7-11(8-14)5-6-11/h9,14H,2-8,12H2,1H3,(H,13,15)/t9-/m0/s1. The Morgan fingerprint density at radius 1 is 1.60 bits per heavy atom. The summed E-state index contributed by atoms with van der Waals surface area (Å²) in [6, 6.07) is -0.389. The molecule has 1 aliphatic carbocycles. The lowest BCUT2D eigenvalue weighted by Crippen LogP contribution is -2.43. The van der Waals surface area contributed by atoms with Crippen molar-refractivity contribution in [3.63, 3.8) is 0 Å².